The molecule has 4 fully saturated rings. The smallest absolute Gasteiger partial charge is 0.319 e. The quantitative estimate of drug-likeness (QED) is 0.206. The van der Waals surface area contributed by atoms with Crippen molar-refractivity contribution in [3.05, 3.63) is 43.3 Å². The number of likely N-dealkylation sites (N-methyl/N-ethyl adjacent to an activating group) is 1. The number of aromatic nitrogens is 2. The second kappa shape index (κ2) is 8.47. The monoisotopic (exact) mass is 744 g/mol. The molecule has 0 spiro atoms. The van der Waals surface area contributed by atoms with Crippen molar-refractivity contribution >= 4 is 71.7 Å². The SMILES string of the molecule is CN1C(=O)N[C@H]2[C@@H]3NC(=O)c4cc(Br)c(Br)n4[C@@H]3C[C@]21O.O=C1N[C@H]2[C@@H]3NC(=O)c4ccc(Br)n4[C@@H]3C[C@@]2(O)N1. The standard InChI is InChI=1S/C12H12Br2N4O3.C11H11BrN4O3/c1-17-11(20)16-8-7-6(3-12(8,17)21)18-5(10(19)15-7)2-4(13)9(18)14;12-6-2-1-4-9(17)13-7-5(16(4)6)3-11(19)8(7)14-10(18)15-11/h2,6-8,21H,3H2,1H3,(H,15,19)(H,16,20);1-2,5,7-8,19H,3H2,(H,13,17)(H2,14,15,18)/t6-,7-,8+,12+;5-,7-,8+,11+/m11/s1. The molecule has 2 saturated carbocycles. The van der Waals surface area contributed by atoms with E-state index in [4.69, 9.17) is 0 Å². The molecule has 6 amide bonds. The number of rotatable bonds is 0. The van der Waals surface area contributed by atoms with Gasteiger partial charge in [-0.1, -0.05) is 0 Å². The van der Waals surface area contributed by atoms with Gasteiger partial charge in [-0.15, -0.1) is 0 Å². The number of nitrogens with one attached hydrogen (secondary N) is 5. The summed E-state index contributed by atoms with van der Waals surface area (Å²) in [5.41, 5.74) is -1.52. The van der Waals surface area contributed by atoms with Crippen LogP contribution in [0.5, 0.6) is 0 Å². The van der Waals surface area contributed by atoms with Crippen LogP contribution >= 0.6 is 47.8 Å². The Morgan fingerprint density at radius 1 is 0.850 bits per heavy atom. The summed E-state index contributed by atoms with van der Waals surface area (Å²) in [5.74, 6) is -0.409. The average molecular weight is 747 g/mol. The molecule has 40 heavy (non-hydrogen) atoms. The van der Waals surface area contributed by atoms with Gasteiger partial charge in [-0.25, -0.2) is 9.59 Å². The third kappa shape index (κ3) is 3.38. The third-order valence-electron chi connectivity index (χ3n) is 8.89. The maximum Gasteiger partial charge on any atom is 0.319 e. The molecule has 8 rings (SSSR count). The largest absolute Gasteiger partial charge is 0.369 e. The molecular formula is C23H23Br3N8O6. The minimum atomic E-state index is -1.31. The number of aliphatic hydroxyl groups is 2. The topological polar surface area (TPSA) is 182 Å². The number of carbonyl (C=O) groups is 4. The number of hydrogen-bond acceptors (Lipinski definition) is 6. The van der Waals surface area contributed by atoms with E-state index in [0.717, 1.165) is 13.7 Å². The van der Waals surface area contributed by atoms with Crippen LogP contribution in [0.3, 0.4) is 0 Å². The van der Waals surface area contributed by atoms with E-state index in [1.54, 1.807) is 25.2 Å². The second-order valence-corrected chi connectivity index (χ2v) is 13.3. The highest BCUT2D eigenvalue weighted by Crippen LogP contribution is 2.48. The van der Waals surface area contributed by atoms with Crippen LogP contribution in [-0.2, 0) is 0 Å². The van der Waals surface area contributed by atoms with Crippen LogP contribution in [0.4, 0.5) is 9.59 Å². The fraction of sp³-hybridized carbons (Fsp3) is 0.478. The summed E-state index contributed by atoms with van der Waals surface area (Å²) >= 11 is 10.3. The Labute approximate surface area is 251 Å². The Balaban J connectivity index is 0.000000133. The maximum atomic E-state index is 12.3. The Bertz CT molecular complexity index is 1530. The van der Waals surface area contributed by atoms with Crippen LogP contribution < -0.4 is 26.6 Å². The molecule has 2 saturated heterocycles. The average Bonchev–Trinajstić information content (AvgIpc) is 3.67. The van der Waals surface area contributed by atoms with Gasteiger partial charge in [0, 0.05) is 19.9 Å². The normalized spacial score (nSPS) is 37.9. The molecule has 0 radical (unpaired) electrons. The van der Waals surface area contributed by atoms with Crippen molar-refractivity contribution in [1.29, 1.82) is 0 Å². The molecule has 0 unspecified atom stereocenters. The lowest BCUT2D eigenvalue weighted by molar-refractivity contribution is -0.0561. The van der Waals surface area contributed by atoms with E-state index in [9.17, 15) is 29.4 Å². The first-order valence-electron chi connectivity index (χ1n) is 12.5. The Hall–Kier alpha value is -2.60. The predicted molar refractivity (Wildman–Crippen MR) is 147 cm³/mol. The molecule has 0 aromatic carbocycles. The molecule has 2 aromatic heterocycles. The number of urea groups is 2. The van der Waals surface area contributed by atoms with Gasteiger partial charge in [0.05, 0.1) is 37.8 Å². The van der Waals surface area contributed by atoms with Crippen LogP contribution in [0.25, 0.3) is 0 Å². The van der Waals surface area contributed by atoms with E-state index in [2.05, 4.69) is 74.4 Å². The van der Waals surface area contributed by atoms with Crippen molar-refractivity contribution in [1.82, 2.24) is 40.6 Å². The highest BCUT2D eigenvalue weighted by atomic mass is 79.9. The fourth-order valence-corrected chi connectivity index (χ4v) is 8.62. The lowest BCUT2D eigenvalue weighted by atomic mass is 10.1. The summed E-state index contributed by atoms with van der Waals surface area (Å²) in [6.07, 6.45) is 0.701. The fourth-order valence-electron chi connectivity index (χ4n) is 7.06. The van der Waals surface area contributed by atoms with Gasteiger partial charge in [0.25, 0.3) is 11.8 Å². The van der Waals surface area contributed by atoms with Gasteiger partial charge in [-0.2, -0.15) is 0 Å². The Kier molecular flexibility index (Phi) is 5.57. The minimum absolute atomic E-state index is 0.0971. The summed E-state index contributed by atoms with van der Waals surface area (Å²) in [6, 6.07) is 2.62. The summed E-state index contributed by atoms with van der Waals surface area (Å²) in [5, 5.41) is 35.1. The van der Waals surface area contributed by atoms with Gasteiger partial charge in [0.1, 0.15) is 23.5 Å². The van der Waals surface area contributed by atoms with Crippen molar-refractivity contribution in [2.45, 2.75) is 60.5 Å². The predicted octanol–water partition coefficient (Wildman–Crippen LogP) is 0.459. The molecule has 212 valence electrons. The minimum Gasteiger partial charge on any atom is -0.369 e. The zero-order valence-electron chi connectivity index (χ0n) is 20.6. The summed E-state index contributed by atoms with van der Waals surface area (Å²) in [7, 11) is 1.57. The Morgan fingerprint density at radius 2 is 1.50 bits per heavy atom. The zero-order valence-corrected chi connectivity index (χ0v) is 25.4. The lowest BCUT2D eigenvalue weighted by Gasteiger charge is -2.32. The van der Waals surface area contributed by atoms with Gasteiger partial charge >= 0.3 is 12.1 Å². The molecule has 8 atom stereocenters. The molecule has 14 nitrogen and oxygen atoms in total. The molecule has 2 aliphatic carbocycles. The molecule has 6 heterocycles. The number of carbonyl (C=O) groups excluding carboxylic acids is 4. The molecular weight excluding hydrogens is 724 g/mol. The van der Waals surface area contributed by atoms with Crippen molar-refractivity contribution in [3.8, 4) is 0 Å². The first-order chi connectivity index (χ1) is 18.8. The van der Waals surface area contributed by atoms with Crippen LogP contribution in [0.15, 0.2) is 31.9 Å². The van der Waals surface area contributed by atoms with E-state index in [-0.39, 0.29) is 42.0 Å². The van der Waals surface area contributed by atoms with Crippen molar-refractivity contribution in [2.24, 2.45) is 0 Å². The van der Waals surface area contributed by atoms with Gasteiger partial charge in [-0.05, 0) is 66.0 Å². The molecule has 2 aromatic rings. The molecule has 4 aliphatic heterocycles. The highest BCUT2D eigenvalue weighted by Gasteiger charge is 2.64. The number of hydrogen-bond donors (Lipinski definition) is 7. The van der Waals surface area contributed by atoms with E-state index >= 15 is 0 Å². The van der Waals surface area contributed by atoms with Crippen molar-refractivity contribution < 1.29 is 29.4 Å². The molecule has 7 N–H and O–H groups in total. The Morgan fingerprint density at radius 3 is 2.23 bits per heavy atom. The first kappa shape index (κ1) is 26.3. The van der Waals surface area contributed by atoms with Gasteiger partial charge < -0.3 is 45.9 Å². The van der Waals surface area contributed by atoms with Crippen molar-refractivity contribution in [3.63, 3.8) is 0 Å². The number of halogens is 3. The van der Waals surface area contributed by atoms with Crippen LogP contribution in [0, 0.1) is 0 Å². The third-order valence-corrected chi connectivity index (χ3v) is 11.5. The molecule has 6 aliphatic rings. The van der Waals surface area contributed by atoms with E-state index in [1.807, 2.05) is 9.13 Å². The number of amides is 6. The van der Waals surface area contributed by atoms with Gasteiger partial charge in [0.2, 0.25) is 0 Å². The van der Waals surface area contributed by atoms with Crippen LogP contribution in [0.1, 0.15) is 45.9 Å². The van der Waals surface area contributed by atoms with Crippen molar-refractivity contribution in [2.75, 3.05) is 7.05 Å². The maximum absolute atomic E-state index is 12.3. The first-order valence-corrected chi connectivity index (χ1v) is 14.8. The summed E-state index contributed by atoms with van der Waals surface area (Å²) in [4.78, 5) is 48.8. The molecule has 17 heteroatoms. The van der Waals surface area contributed by atoms with Gasteiger partial charge in [-0.3, -0.25) is 14.5 Å². The van der Waals surface area contributed by atoms with E-state index in [1.165, 1.54) is 4.90 Å². The van der Waals surface area contributed by atoms with E-state index in [0.29, 0.717) is 24.2 Å². The number of fused-ring (bicyclic) bond motifs is 10. The zero-order chi connectivity index (χ0) is 28.5. The lowest BCUT2D eigenvalue weighted by Crippen LogP contribution is -2.56. The highest BCUT2D eigenvalue weighted by molar-refractivity contribution is 9.13. The molecule has 0 bridgehead atoms. The van der Waals surface area contributed by atoms with Crippen LogP contribution in [0.2, 0.25) is 0 Å². The van der Waals surface area contributed by atoms with E-state index < -0.39 is 29.6 Å². The van der Waals surface area contributed by atoms with Gasteiger partial charge in [0.15, 0.2) is 11.4 Å². The van der Waals surface area contributed by atoms with Crippen LogP contribution in [-0.4, -0.2) is 90.8 Å². The second-order valence-electron chi connectivity index (χ2n) is 10.9. The summed E-state index contributed by atoms with van der Waals surface area (Å²) in [6.45, 7) is 0. The summed E-state index contributed by atoms with van der Waals surface area (Å²) < 4.78 is 6.09. The number of nitrogens with zero attached hydrogens (tertiary/aromatic N) is 3.